The van der Waals surface area contributed by atoms with Crippen LogP contribution in [0.15, 0.2) is 54.6 Å². The molecule has 4 rings (SSSR count). The van der Waals surface area contributed by atoms with Crippen LogP contribution in [0.1, 0.15) is 55.3 Å². The van der Waals surface area contributed by atoms with Crippen molar-refractivity contribution in [2.75, 3.05) is 62.6 Å². The summed E-state index contributed by atoms with van der Waals surface area (Å²) < 4.78 is 16.6. The molecule has 226 valence electrons. The van der Waals surface area contributed by atoms with E-state index in [2.05, 4.69) is 36.2 Å². The fourth-order valence-electron chi connectivity index (χ4n) is 4.67. The molecule has 1 aliphatic carbocycles. The van der Waals surface area contributed by atoms with E-state index in [0.717, 1.165) is 24.3 Å². The Balaban J connectivity index is 1.21. The predicted octanol–water partition coefficient (Wildman–Crippen LogP) is 5.02. The molecule has 1 heterocycles. The normalized spacial score (nSPS) is 13.9. The van der Waals surface area contributed by atoms with Crippen LogP contribution in [0.3, 0.4) is 0 Å². The monoisotopic (exact) mass is 577 g/mol. The molecule has 0 bridgehead atoms. The minimum absolute atomic E-state index is 0.107. The topological polar surface area (TPSA) is 132 Å². The van der Waals surface area contributed by atoms with Gasteiger partial charge >= 0.3 is 0 Å². The summed E-state index contributed by atoms with van der Waals surface area (Å²) in [6.45, 7) is 2.74. The molecule has 0 atom stereocenters. The van der Waals surface area contributed by atoms with E-state index in [1.54, 1.807) is 19.2 Å². The first-order valence-corrected chi connectivity index (χ1v) is 14.9. The third-order valence-corrected chi connectivity index (χ3v) is 6.87. The highest BCUT2D eigenvalue weighted by atomic mass is 16.5. The molecule has 42 heavy (non-hydrogen) atoms. The molecule has 11 nitrogen and oxygen atoms in total. The van der Waals surface area contributed by atoms with Crippen LogP contribution in [0.4, 0.5) is 23.5 Å². The number of hydrogen-bond donors (Lipinski definition) is 4. The molecule has 0 saturated heterocycles. The summed E-state index contributed by atoms with van der Waals surface area (Å²) in [4.78, 5) is 25.9. The molecule has 1 amide bonds. The van der Waals surface area contributed by atoms with Crippen LogP contribution in [0.5, 0.6) is 5.75 Å². The van der Waals surface area contributed by atoms with E-state index in [-0.39, 0.29) is 5.91 Å². The number of carbonyl (C=O) groups is 1. The number of benzene rings is 2. The van der Waals surface area contributed by atoms with Crippen LogP contribution in [0, 0.1) is 0 Å². The summed E-state index contributed by atoms with van der Waals surface area (Å²) in [6.07, 6.45) is 8.53. The molecule has 1 saturated carbocycles. The van der Waals surface area contributed by atoms with Gasteiger partial charge in [-0.3, -0.25) is 4.79 Å². The molecule has 3 aromatic rings. The van der Waals surface area contributed by atoms with Gasteiger partial charge in [0.15, 0.2) is 0 Å². The second kappa shape index (κ2) is 17.8. The zero-order chi connectivity index (χ0) is 29.2. The van der Waals surface area contributed by atoms with Crippen molar-refractivity contribution in [1.29, 1.82) is 0 Å². The van der Waals surface area contributed by atoms with E-state index in [1.807, 2.05) is 42.5 Å². The third kappa shape index (κ3) is 11.1. The van der Waals surface area contributed by atoms with Gasteiger partial charge < -0.3 is 35.5 Å². The van der Waals surface area contributed by atoms with Crippen LogP contribution < -0.4 is 26.0 Å². The number of aromatic nitrogens is 3. The molecular weight excluding hydrogens is 534 g/mol. The van der Waals surface area contributed by atoms with Crippen molar-refractivity contribution < 1.29 is 19.0 Å². The average molecular weight is 578 g/mol. The lowest BCUT2D eigenvalue weighted by molar-refractivity contribution is 0.0519. The molecule has 1 aromatic heterocycles. The minimum Gasteiger partial charge on any atom is -0.497 e. The molecule has 11 heteroatoms. The zero-order valence-corrected chi connectivity index (χ0v) is 24.4. The second-order valence-corrected chi connectivity index (χ2v) is 10.1. The quantitative estimate of drug-likeness (QED) is 0.172. The minimum atomic E-state index is -0.107. The fraction of sp³-hybridized carbons (Fsp3) is 0.484. The Morgan fingerprint density at radius 1 is 0.786 bits per heavy atom. The first-order valence-electron chi connectivity index (χ1n) is 14.9. The van der Waals surface area contributed by atoms with E-state index in [1.165, 1.54) is 32.1 Å². The Morgan fingerprint density at radius 3 is 2.24 bits per heavy atom. The maximum atomic E-state index is 12.0. The number of methoxy groups -OCH3 is 1. The van der Waals surface area contributed by atoms with Crippen molar-refractivity contribution in [2.45, 2.75) is 51.0 Å². The van der Waals surface area contributed by atoms with Crippen molar-refractivity contribution in [2.24, 2.45) is 0 Å². The van der Waals surface area contributed by atoms with Crippen molar-refractivity contribution >= 4 is 29.4 Å². The maximum absolute atomic E-state index is 12.0. The standard InChI is InChI=1S/C31H43N7O4/c1-40-27-16-10-15-26(23-27)35-31-37-29(36-30(38-31)34-25-13-8-3-2-4-9-14-25)33-18-20-42-22-21-41-19-17-32-28(39)24-11-6-5-7-12-24/h5-7,10-12,15-16,23,25H,2-4,8-9,13-14,17-22H2,1H3,(H,32,39)(H3,33,34,35,36,37,38). The van der Waals surface area contributed by atoms with Gasteiger partial charge in [0.25, 0.3) is 5.91 Å². The van der Waals surface area contributed by atoms with Crippen molar-refractivity contribution in [3.8, 4) is 5.75 Å². The fourth-order valence-corrected chi connectivity index (χ4v) is 4.67. The van der Waals surface area contributed by atoms with E-state index in [0.29, 0.717) is 69.0 Å². The Labute approximate surface area is 248 Å². The largest absolute Gasteiger partial charge is 0.497 e. The first kappa shape index (κ1) is 31.0. The van der Waals surface area contributed by atoms with Crippen LogP contribution >= 0.6 is 0 Å². The van der Waals surface area contributed by atoms with Crippen LogP contribution in [-0.2, 0) is 9.47 Å². The number of anilines is 4. The molecule has 0 aliphatic heterocycles. The van der Waals surface area contributed by atoms with Crippen LogP contribution in [0.2, 0.25) is 0 Å². The number of ether oxygens (including phenoxy) is 3. The van der Waals surface area contributed by atoms with Crippen molar-refractivity contribution in [3.63, 3.8) is 0 Å². The lowest BCUT2D eigenvalue weighted by Crippen LogP contribution is -2.27. The molecule has 1 aliphatic rings. The summed E-state index contributed by atoms with van der Waals surface area (Å²) in [5.41, 5.74) is 1.46. The van der Waals surface area contributed by atoms with Crippen LogP contribution in [-0.4, -0.2) is 73.5 Å². The second-order valence-electron chi connectivity index (χ2n) is 10.1. The average Bonchev–Trinajstić information content (AvgIpc) is 2.99. The summed E-state index contributed by atoms with van der Waals surface area (Å²) >= 11 is 0. The molecule has 0 radical (unpaired) electrons. The summed E-state index contributed by atoms with van der Waals surface area (Å²) in [6, 6.07) is 17.1. The highest BCUT2D eigenvalue weighted by molar-refractivity contribution is 5.94. The van der Waals surface area contributed by atoms with Gasteiger partial charge in [0.2, 0.25) is 17.8 Å². The van der Waals surface area contributed by atoms with Gasteiger partial charge in [-0.2, -0.15) is 15.0 Å². The Morgan fingerprint density at radius 2 is 1.48 bits per heavy atom. The lowest BCUT2D eigenvalue weighted by Gasteiger charge is -2.21. The Bertz CT molecular complexity index is 1210. The van der Waals surface area contributed by atoms with E-state index in [4.69, 9.17) is 14.2 Å². The van der Waals surface area contributed by atoms with Crippen molar-refractivity contribution in [1.82, 2.24) is 20.3 Å². The van der Waals surface area contributed by atoms with E-state index < -0.39 is 0 Å². The number of amides is 1. The third-order valence-electron chi connectivity index (χ3n) is 6.87. The molecule has 2 aromatic carbocycles. The summed E-state index contributed by atoms with van der Waals surface area (Å²) in [7, 11) is 1.64. The van der Waals surface area contributed by atoms with Gasteiger partial charge in [-0.25, -0.2) is 0 Å². The number of hydrogen-bond acceptors (Lipinski definition) is 10. The molecule has 1 fully saturated rings. The SMILES string of the molecule is COc1cccc(Nc2nc(NCCOCCOCCNC(=O)c3ccccc3)nc(NC3CCCCCCC3)n2)c1. The smallest absolute Gasteiger partial charge is 0.251 e. The molecule has 4 N–H and O–H groups in total. The Hall–Kier alpha value is -3.96. The number of carbonyl (C=O) groups excluding carboxylic acids is 1. The van der Waals surface area contributed by atoms with Gasteiger partial charge in [-0.05, 0) is 37.1 Å². The summed E-state index contributed by atoms with van der Waals surface area (Å²) in [5.74, 6) is 2.11. The number of rotatable bonds is 16. The van der Waals surface area contributed by atoms with Crippen molar-refractivity contribution in [3.05, 3.63) is 60.2 Å². The van der Waals surface area contributed by atoms with E-state index in [9.17, 15) is 4.79 Å². The van der Waals surface area contributed by atoms with Gasteiger partial charge in [0.05, 0.1) is 33.5 Å². The molecule has 0 unspecified atom stereocenters. The van der Waals surface area contributed by atoms with Gasteiger partial charge in [-0.15, -0.1) is 0 Å². The maximum Gasteiger partial charge on any atom is 0.251 e. The zero-order valence-electron chi connectivity index (χ0n) is 24.4. The molecule has 0 spiro atoms. The van der Waals surface area contributed by atoms with Gasteiger partial charge in [0, 0.05) is 36.4 Å². The number of nitrogens with one attached hydrogen (secondary N) is 4. The molecular formula is C31H43N7O4. The van der Waals surface area contributed by atoms with Crippen LogP contribution in [0.25, 0.3) is 0 Å². The van der Waals surface area contributed by atoms with Gasteiger partial charge in [-0.1, -0.05) is 56.4 Å². The highest BCUT2D eigenvalue weighted by Gasteiger charge is 2.15. The Kier molecular flexibility index (Phi) is 13.1. The highest BCUT2D eigenvalue weighted by Crippen LogP contribution is 2.23. The number of nitrogens with zero attached hydrogens (tertiary/aromatic N) is 3. The first-order chi connectivity index (χ1) is 20.7. The van der Waals surface area contributed by atoms with Gasteiger partial charge in [0.1, 0.15) is 5.75 Å². The summed E-state index contributed by atoms with van der Waals surface area (Å²) in [5, 5.41) is 12.9. The van der Waals surface area contributed by atoms with E-state index >= 15 is 0 Å². The lowest BCUT2D eigenvalue weighted by atomic mass is 9.97. The predicted molar refractivity (Wildman–Crippen MR) is 165 cm³/mol.